The zero-order chi connectivity index (χ0) is 14.0. The van der Waals surface area contributed by atoms with E-state index in [1.54, 1.807) is 18.2 Å². The molecule has 1 amide bonds. The van der Waals surface area contributed by atoms with Crippen molar-refractivity contribution in [2.45, 2.75) is 25.8 Å². The molecule has 1 aliphatic heterocycles. The molecule has 5 heteroatoms. The molecule has 2 rings (SSSR count). The molecule has 2 atom stereocenters. The molecule has 0 bridgehead atoms. The molecule has 19 heavy (non-hydrogen) atoms. The first-order valence-electron chi connectivity index (χ1n) is 6.50. The van der Waals surface area contributed by atoms with Crippen LogP contribution in [-0.4, -0.2) is 29.9 Å². The van der Waals surface area contributed by atoms with Crippen molar-refractivity contribution in [2.24, 2.45) is 11.7 Å². The van der Waals surface area contributed by atoms with Gasteiger partial charge in [-0.25, -0.2) is 0 Å². The number of amides is 1. The van der Waals surface area contributed by atoms with Gasteiger partial charge in [-0.15, -0.1) is 0 Å². The average molecular weight is 346 g/mol. The van der Waals surface area contributed by atoms with Crippen molar-refractivity contribution in [3.63, 3.8) is 0 Å². The molecule has 0 aliphatic carbocycles. The second-order valence-electron chi connectivity index (χ2n) is 5.08. The summed E-state index contributed by atoms with van der Waals surface area (Å²) >= 11 is 9.38. The Morgan fingerprint density at radius 3 is 2.89 bits per heavy atom. The summed E-state index contributed by atoms with van der Waals surface area (Å²) < 4.78 is 0.817. The highest BCUT2D eigenvalue weighted by atomic mass is 79.9. The molecule has 2 N–H and O–H groups in total. The molecule has 1 saturated heterocycles. The van der Waals surface area contributed by atoms with Gasteiger partial charge in [-0.1, -0.05) is 34.5 Å². The predicted octanol–water partition coefficient (Wildman–Crippen LogP) is 3.30. The zero-order valence-corrected chi connectivity index (χ0v) is 13.2. The quantitative estimate of drug-likeness (QED) is 0.894. The highest BCUT2D eigenvalue weighted by Gasteiger charge is 2.31. The molecular formula is C14H18BrClN2O. The highest BCUT2D eigenvalue weighted by Crippen LogP contribution is 2.26. The van der Waals surface area contributed by atoms with Crippen molar-refractivity contribution < 1.29 is 4.79 Å². The molecule has 1 aromatic carbocycles. The minimum absolute atomic E-state index is 0.0187. The molecule has 2 unspecified atom stereocenters. The Hall–Kier alpha value is -0.580. The molecule has 104 valence electrons. The van der Waals surface area contributed by atoms with Crippen LogP contribution in [-0.2, 0) is 0 Å². The molecule has 0 aromatic heterocycles. The van der Waals surface area contributed by atoms with Gasteiger partial charge in [0.25, 0.3) is 5.91 Å². The molecule has 0 radical (unpaired) electrons. The van der Waals surface area contributed by atoms with E-state index < -0.39 is 0 Å². The first-order valence-corrected chi connectivity index (χ1v) is 7.67. The van der Waals surface area contributed by atoms with Gasteiger partial charge in [0.2, 0.25) is 0 Å². The van der Waals surface area contributed by atoms with E-state index in [-0.39, 0.29) is 11.9 Å². The lowest BCUT2D eigenvalue weighted by Gasteiger charge is -2.39. The minimum Gasteiger partial charge on any atom is -0.334 e. The van der Waals surface area contributed by atoms with Crippen molar-refractivity contribution >= 4 is 33.4 Å². The number of nitrogens with two attached hydrogens (primary N) is 1. The second-order valence-corrected chi connectivity index (χ2v) is 6.43. The number of carbonyl (C=O) groups excluding carboxylic acids is 1. The fraction of sp³-hybridized carbons (Fsp3) is 0.500. The van der Waals surface area contributed by atoms with E-state index in [0.29, 0.717) is 23.0 Å². The van der Waals surface area contributed by atoms with Crippen LogP contribution < -0.4 is 5.73 Å². The van der Waals surface area contributed by atoms with Crippen molar-refractivity contribution in [1.82, 2.24) is 4.90 Å². The van der Waals surface area contributed by atoms with Gasteiger partial charge in [-0.3, -0.25) is 4.79 Å². The first-order chi connectivity index (χ1) is 9.02. The summed E-state index contributed by atoms with van der Waals surface area (Å²) in [6.07, 6.45) is 2.16. The first kappa shape index (κ1) is 14.8. The number of nitrogens with zero attached hydrogens (tertiary/aromatic N) is 1. The summed E-state index contributed by atoms with van der Waals surface area (Å²) in [5.41, 5.74) is 6.45. The van der Waals surface area contributed by atoms with Gasteiger partial charge in [0, 0.05) is 34.2 Å². The SMILES string of the molecule is CC1CCCN(C(=O)c2cc(Cl)cc(Br)c2)C1CN. The van der Waals surface area contributed by atoms with Gasteiger partial charge < -0.3 is 10.6 Å². The van der Waals surface area contributed by atoms with E-state index >= 15 is 0 Å². The van der Waals surface area contributed by atoms with Crippen molar-refractivity contribution in [1.29, 1.82) is 0 Å². The van der Waals surface area contributed by atoms with Gasteiger partial charge in [-0.2, -0.15) is 0 Å². The molecule has 0 spiro atoms. The summed E-state index contributed by atoms with van der Waals surface area (Å²) in [6, 6.07) is 5.42. The fourth-order valence-corrected chi connectivity index (χ4v) is 3.56. The lowest BCUT2D eigenvalue weighted by atomic mass is 9.90. The normalized spacial score (nSPS) is 23.5. The van der Waals surface area contributed by atoms with Crippen LogP contribution in [0.25, 0.3) is 0 Å². The lowest BCUT2D eigenvalue weighted by Crippen LogP contribution is -2.51. The Labute approximate surface area is 127 Å². The predicted molar refractivity (Wildman–Crippen MR) is 81.4 cm³/mol. The standard InChI is InChI=1S/C14H18BrClN2O/c1-9-3-2-4-18(13(9)8-17)14(19)10-5-11(15)7-12(16)6-10/h5-7,9,13H,2-4,8,17H2,1H3. The number of hydrogen-bond acceptors (Lipinski definition) is 2. The van der Waals surface area contributed by atoms with E-state index in [1.807, 2.05) is 4.90 Å². The van der Waals surface area contributed by atoms with Crippen LogP contribution in [0.2, 0.25) is 5.02 Å². The van der Waals surface area contributed by atoms with Gasteiger partial charge in [0.1, 0.15) is 0 Å². The number of carbonyl (C=O) groups is 1. The van der Waals surface area contributed by atoms with Crippen LogP contribution in [0.4, 0.5) is 0 Å². The number of benzene rings is 1. The minimum atomic E-state index is 0.0187. The third kappa shape index (κ3) is 3.30. The van der Waals surface area contributed by atoms with Crippen LogP contribution in [0.3, 0.4) is 0 Å². The smallest absolute Gasteiger partial charge is 0.254 e. The fourth-order valence-electron chi connectivity index (χ4n) is 2.70. The van der Waals surface area contributed by atoms with Crippen LogP contribution in [0, 0.1) is 5.92 Å². The van der Waals surface area contributed by atoms with E-state index in [9.17, 15) is 4.79 Å². The van der Waals surface area contributed by atoms with Crippen molar-refractivity contribution in [3.8, 4) is 0 Å². The molecule has 1 heterocycles. The number of rotatable bonds is 2. The molecule has 1 fully saturated rings. The second kappa shape index (κ2) is 6.25. The zero-order valence-electron chi connectivity index (χ0n) is 10.9. The molecule has 1 aromatic rings. The van der Waals surface area contributed by atoms with E-state index in [2.05, 4.69) is 22.9 Å². The van der Waals surface area contributed by atoms with Gasteiger partial charge in [0.05, 0.1) is 0 Å². The van der Waals surface area contributed by atoms with E-state index in [4.69, 9.17) is 17.3 Å². The van der Waals surface area contributed by atoms with Gasteiger partial charge in [-0.05, 0) is 37.0 Å². The van der Waals surface area contributed by atoms with E-state index in [1.165, 1.54) is 0 Å². The summed E-state index contributed by atoms with van der Waals surface area (Å²) in [5, 5.41) is 0.562. The Morgan fingerprint density at radius 2 is 2.26 bits per heavy atom. The summed E-state index contributed by atoms with van der Waals surface area (Å²) in [7, 11) is 0. The van der Waals surface area contributed by atoms with E-state index in [0.717, 1.165) is 23.9 Å². The maximum atomic E-state index is 12.6. The maximum absolute atomic E-state index is 12.6. The Balaban J connectivity index is 2.26. The summed E-state index contributed by atoms with van der Waals surface area (Å²) in [4.78, 5) is 14.5. The van der Waals surface area contributed by atoms with Gasteiger partial charge >= 0.3 is 0 Å². The number of piperidine rings is 1. The Morgan fingerprint density at radius 1 is 1.53 bits per heavy atom. The number of likely N-dealkylation sites (tertiary alicyclic amines) is 1. The molecule has 3 nitrogen and oxygen atoms in total. The topological polar surface area (TPSA) is 46.3 Å². The molecule has 0 saturated carbocycles. The van der Waals surface area contributed by atoms with Gasteiger partial charge in [0.15, 0.2) is 0 Å². The van der Waals surface area contributed by atoms with Crippen LogP contribution >= 0.6 is 27.5 Å². The number of hydrogen-bond donors (Lipinski definition) is 1. The van der Waals surface area contributed by atoms with Crippen LogP contribution in [0.1, 0.15) is 30.1 Å². The largest absolute Gasteiger partial charge is 0.334 e. The van der Waals surface area contributed by atoms with Crippen LogP contribution in [0.5, 0.6) is 0 Å². The molecule has 1 aliphatic rings. The molecular weight excluding hydrogens is 328 g/mol. The van der Waals surface area contributed by atoms with Crippen LogP contribution in [0.15, 0.2) is 22.7 Å². The third-order valence-corrected chi connectivity index (χ3v) is 4.40. The Bertz CT molecular complexity index is 460. The summed E-state index contributed by atoms with van der Waals surface area (Å²) in [5.74, 6) is 0.468. The highest BCUT2D eigenvalue weighted by molar-refractivity contribution is 9.10. The Kier molecular flexibility index (Phi) is 4.87. The van der Waals surface area contributed by atoms with Crippen molar-refractivity contribution in [3.05, 3.63) is 33.3 Å². The monoisotopic (exact) mass is 344 g/mol. The lowest BCUT2D eigenvalue weighted by molar-refractivity contribution is 0.0532. The number of halogens is 2. The van der Waals surface area contributed by atoms with Crippen molar-refractivity contribution in [2.75, 3.05) is 13.1 Å². The maximum Gasteiger partial charge on any atom is 0.254 e. The third-order valence-electron chi connectivity index (χ3n) is 3.73. The average Bonchev–Trinajstić information content (AvgIpc) is 2.36. The summed E-state index contributed by atoms with van der Waals surface area (Å²) in [6.45, 7) is 3.44.